The minimum absolute atomic E-state index is 0. The van der Waals surface area contributed by atoms with Gasteiger partial charge in [-0.25, -0.2) is 0 Å². The molecule has 504 valence electrons. The van der Waals surface area contributed by atoms with E-state index in [0.29, 0.717) is 38.8 Å². The van der Waals surface area contributed by atoms with Gasteiger partial charge in [-0.15, -0.1) is 0 Å². The third-order valence-electron chi connectivity index (χ3n) is 18.2. The number of hydrogen-bond acceptors (Lipinski definition) is 4. The summed E-state index contributed by atoms with van der Waals surface area (Å²) in [6.07, 6.45) is 82.1. The predicted octanol–water partition coefficient (Wildman–Crippen LogP) is 17.0. The van der Waals surface area contributed by atoms with Crippen LogP contribution < -0.4 is 36.3 Å². The summed E-state index contributed by atoms with van der Waals surface area (Å²) in [5.41, 5.74) is 7.86. The Morgan fingerprint density at radius 1 is 0.190 bits per heavy atom. The number of carbonyl (C=O) groups excluding carboxylic acids is 4. The average Bonchev–Trinajstić information content (AvgIpc) is 3.48. The number of quaternary nitrogens is 2. The molecule has 0 amide bonds. The van der Waals surface area contributed by atoms with Crippen LogP contribution >= 0.6 is 0 Å². The lowest BCUT2D eigenvalue weighted by atomic mass is 9.91. The second-order valence-corrected chi connectivity index (χ2v) is 26.3. The van der Waals surface area contributed by atoms with E-state index >= 15 is 0 Å². The largest absolute Gasteiger partial charge is 1.00 e. The Balaban J connectivity index is -0.000000744. The third kappa shape index (κ3) is 68.7. The van der Waals surface area contributed by atoms with Gasteiger partial charge >= 0.3 is 0 Å². The van der Waals surface area contributed by atoms with Gasteiger partial charge in [-0.2, -0.15) is 0 Å². The Kier molecular flexibility index (Phi) is 83.5. The molecular formula is C76H152Cl2N2O4. The Morgan fingerprint density at radius 2 is 0.286 bits per heavy atom. The summed E-state index contributed by atoms with van der Waals surface area (Å²) < 4.78 is 0. The van der Waals surface area contributed by atoms with E-state index in [-0.39, 0.29) is 47.9 Å². The number of hydrogen-bond donors (Lipinski definition) is 2. The molecule has 0 aliphatic carbocycles. The van der Waals surface area contributed by atoms with Crippen LogP contribution in [0.25, 0.3) is 0 Å². The molecule has 0 radical (unpaired) electrons. The first-order chi connectivity index (χ1) is 40.3. The summed E-state index contributed by atoms with van der Waals surface area (Å²) in [6.45, 7) is 10.0. The van der Waals surface area contributed by atoms with E-state index in [1.54, 1.807) is 0 Å². The molecule has 8 heteroatoms. The first-order valence-corrected chi connectivity index (χ1v) is 38.0. The van der Waals surface area contributed by atoms with Crippen molar-refractivity contribution in [3.05, 3.63) is 0 Å². The fourth-order valence-electron chi connectivity index (χ4n) is 12.4. The van der Waals surface area contributed by atoms with Gasteiger partial charge in [0.05, 0.1) is 13.1 Å². The van der Waals surface area contributed by atoms with Crippen molar-refractivity contribution in [2.75, 3.05) is 13.1 Å². The highest BCUT2D eigenvalue weighted by atomic mass is 35.5. The predicted molar refractivity (Wildman–Crippen MR) is 361 cm³/mol. The Morgan fingerprint density at radius 3 is 0.381 bits per heavy atom. The van der Waals surface area contributed by atoms with Gasteiger partial charge in [-0.1, -0.05) is 387 Å². The molecule has 0 fully saturated rings. The van der Waals surface area contributed by atoms with Crippen molar-refractivity contribution in [3.8, 4) is 0 Å². The summed E-state index contributed by atoms with van der Waals surface area (Å²) in [5, 5.41) is 0. The van der Waals surface area contributed by atoms with Crippen molar-refractivity contribution < 1.29 is 55.5 Å². The second kappa shape index (κ2) is 78.3. The van der Waals surface area contributed by atoms with Crippen molar-refractivity contribution in [3.63, 3.8) is 0 Å². The van der Waals surface area contributed by atoms with Crippen LogP contribution in [0.2, 0.25) is 0 Å². The smallest absolute Gasteiger partial charge is 0.149 e. The van der Waals surface area contributed by atoms with Crippen LogP contribution in [0, 0.1) is 11.8 Å². The van der Waals surface area contributed by atoms with Gasteiger partial charge in [0.1, 0.15) is 35.0 Å². The molecule has 0 aromatic rings. The van der Waals surface area contributed by atoms with E-state index < -0.39 is 11.8 Å². The van der Waals surface area contributed by atoms with Gasteiger partial charge in [0, 0.05) is 25.7 Å². The molecule has 6 nitrogen and oxygen atoms in total. The average molecular weight is 1230 g/mol. The highest BCUT2D eigenvalue weighted by molar-refractivity contribution is 6.03. The quantitative estimate of drug-likeness (QED) is 0.0465. The summed E-state index contributed by atoms with van der Waals surface area (Å²) in [6, 6.07) is 0. The van der Waals surface area contributed by atoms with Crippen LogP contribution in [0.1, 0.15) is 439 Å². The van der Waals surface area contributed by atoms with E-state index in [9.17, 15) is 19.2 Å². The van der Waals surface area contributed by atoms with Gasteiger partial charge in [-0.3, -0.25) is 19.2 Å². The van der Waals surface area contributed by atoms with Crippen molar-refractivity contribution >= 4 is 23.1 Å². The number of Topliss-reactive ketones (excluding diaryl/α,β-unsaturated/α-hetero) is 4. The van der Waals surface area contributed by atoms with E-state index in [1.807, 2.05) is 0 Å². The summed E-state index contributed by atoms with van der Waals surface area (Å²) in [7, 11) is 0. The monoisotopic (exact) mass is 1230 g/mol. The Labute approximate surface area is 539 Å². The maximum atomic E-state index is 12.6. The summed E-state index contributed by atoms with van der Waals surface area (Å²) in [5.74, 6) is -0.260. The molecule has 0 rings (SSSR count). The third-order valence-corrected chi connectivity index (χ3v) is 18.2. The number of unbranched alkanes of at least 4 members (excludes halogenated alkanes) is 56. The molecule has 0 unspecified atom stereocenters. The van der Waals surface area contributed by atoms with E-state index in [2.05, 4.69) is 39.2 Å². The van der Waals surface area contributed by atoms with E-state index in [0.717, 1.165) is 51.4 Å². The first-order valence-electron chi connectivity index (χ1n) is 38.0. The van der Waals surface area contributed by atoms with Crippen LogP contribution in [0.3, 0.4) is 0 Å². The van der Waals surface area contributed by atoms with Crippen LogP contribution in [-0.2, 0) is 19.2 Å². The first kappa shape index (κ1) is 89.6. The zero-order valence-electron chi connectivity index (χ0n) is 57.6. The molecular weight excluding hydrogens is 1080 g/mol. The number of halogens is 2. The number of carbonyl (C=O) groups is 4. The fraction of sp³-hybridized carbons (Fsp3) is 0.947. The van der Waals surface area contributed by atoms with Crippen molar-refractivity contribution in [2.24, 2.45) is 11.8 Å². The normalized spacial score (nSPS) is 11.2. The minimum Gasteiger partial charge on any atom is -1.00 e. The highest BCUT2D eigenvalue weighted by Gasteiger charge is 2.26. The molecule has 0 bridgehead atoms. The zero-order chi connectivity index (χ0) is 60.1. The van der Waals surface area contributed by atoms with Gasteiger partial charge in [0.2, 0.25) is 0 Å². The van der Waals surface area contributed by atoms with E-state index in [1.165, 1.54) is 334 Å². The lowest BCUT2D eigenvalue weighted by Crippen LogP contribution is -3.00. The van der Waals surface area contributed by atoms with Gasteiger partial charge < -0.3 is 36.3 Å². The van der Waals surface area contributed by atoms with Gasteiger partial charge in [0.15, 0.2) is 0 Å². The molecule has 0 aliphatic heterocycles. The molecule has 0 aromatic heterocycles. The maximum Gasteiger partial charge on any atom is 0.149 e. The topological polar surface area (TPSA) is 124 Å². The lowest BCUT2D eigenvalue weighted by molar-refractivity contribution is -0.373. The SMILES string of the molecule is CCCCCCCCCCCCCCCCCC(=O)C(C[NH3+])C(=O)CCCCCCCCCCCCCCCCC.CCCCCCCCCCCCCCCCCC(=O)C(C[NH3+])C(=O)CCCCCCCCCCCCCCCCC.[Cl-].[Cl-]. The van der Waals surface area contributed by atoms with Gasteiger partial charge in [0.25, 0.3) is 0 Å². The molecule has 0 spiro atoms. The molecule has 0 saturated carbocycles. The maximum absolute atomic E-state index is 12.6. The van der Waals surface area contributed by atoms with Crippen LogP contribution in [0.4, 0.5) is 0 Å². The number of ketones is 4. The summed E-state index contributed by atoms with van der Waals surface area (Å²) in [4.78, 5) is 50.6. The standard InChI is InChI=1S/2C38H75NO2.2ClH/c2*1-3-5-7-9-11-13-15-17-19-21-23-25-27-29-31-33-37(40)36(35-39)38(41)34-32-30-28-26-24-22-20-18-16-14-12-10-8-6-4-2;;/h2*36H,3-35,39H2,1-2H3;2*1H. The Hall–Kier alpha value is -0.820. The molecule has 0 aliphatic rings. The van der Waals surface area contributed by atoms with Crippen molar-refractivity contribution in [1.29, 1.82) is 0 Å². The van der Waals surface area contributed by atoms with Crippen LogP contribution in [0.15, 0.2) is 0 Å². The minimum atomic E-state index is -0.437. The molecule has 84 heavy (non-hydrogen) atoms. The molecule has 0 atom stereocenters. The number of rotatable bonds is 70. The van der Waals surface area contributed by atoms with Crippen LogP contribution in [0.5, 0.6) is 0 Å². The lowest BCUT2D eigenvalue weighted by Gasteiger charge is -2.11. The van der Waals surface area contributed by atoms with Crippen LogP contribution in [-0.4, -0.2) is 36.2 Å². The Bertz CT molecular complexity index is 1110. The van der Waals surface area contributed by atoms with Crippen molar-refractivity contribution in [1.82, 2.24) is 0 Å². The fourth-order valence-corrected chi connectivity index (χ4v) is 12.4. The molecule has 0 heterocycles. The second-order valence-electron chi connectivity index (χ2n) is 26.3. The zero-order valence-corrected chi connectivity index (χ0v) is 59.1. The molecule has 0 aromatic carbocycles. The van der Waals surface area contributed by atoms with Crippen molar-refractivity contribution in [2.45, 2.75) is 439 Å². The molecule has 6 N–H and O–H groups in total. The highest BCUT2D eigenvalue weighted by Crippen LogP contribution is 2.20. The summed E-state index contributed by atoms with van der Waals surface area (Å²) >= 11 is 0. The van der Waals surface area contributed by atoms with E-state index in [4.69, 9.17) is 0 Å². The molecule has 0 saturated heterocycles. The van der Waals surface area contributed by atoms with Gasteiger partial charge in [-0.05, 0) is 25.7 Å².